The second-order valence-electron chi connectivity index (χ2n) is 5.60. The van der Waals surface area contributed by atoms with E-state index in [1.54, 1.807) is 36.0 Å². The van der Waals surface area contributed by atoms with Gasteiger partial charge in [0.05, 0.1) is 12.8 Å². The normalized spacial score (nSPS) is 11.3. The first-order chi connectivity index (χ1) is 12.4. The van der Waals surface area contributed by atoms with Crippen LogP contribution in [0.15, 0.2) is 36.5 Å². The Morgan fingerprint density at radius 3 is 2.73 bits per heavy atom. The first-order valence-electron chi connectivity index (χ1n) is 8.15. The maximum Gasteiger partial charge on any atom is 0.387 e. The molecule has 1 heterocycles. The van der Waals surface area contributed by atoms with Crippen LogP contribution in [0.1, 0.15) is 32.4 Å². The third-order valence-electron chi connectivity index (χ3n) is 3.32. The summed E-state index contributed by atoms with van der Waals surface area (Å²) in [6.45, 7) is 3.01. The van der Waals surface area contributed by atoms with Crippen molar-refractivity contribution in [1.29, 1.82) is 0 Å². The highest BCUT2D eigenvalue weighted by Gasteiger charge is 2.11. The molecule has 8 heteroatoms. The monoisotopic (exact) mass is 365 g/mol. The lowest BCUT2D eigenvalue weighted by Gasteiger charge is -2.12. The lowest BCUT2D eigenvalue weighted by atomic mass is 10.2. The molecule has 1 N–H and O–H groups in total. The number of amides is 1. The fourth-order valence-corrected chi connectivity index (χ4v) is 2.25. The molecule has 0 atom stereocenters. The van der Waals surface area contributed by atoms with Gasteiger partial charge in [-0.2, -0.15) is 13.9 Å². The second-order valence-corrected chi connectivity index (χ2v) is 5.60. The topological polar surface area (TPSA) is 65.4 Å². The number of alkyl halides is 2. The molecule has 0 aliphatic rings. The maximum absolute atomic E-state index is 12.4. The van der Waals surface area contributed by atoms with Gasteiger partial charge in [-0.05, 0) is 44.5 Å². The van der Waals surface area contributed by atoms with Gasteiger partial charge in [-0.15, -0.1) is 0 Å². The highest BCUT2D eigenvalue weighted by molar-refractivity contribution is 6.01. The fourth-order valence-electron chi connectivity index (χ4n) is 2.25. The number of aromatic nitrogens is 2. The van der Waals surface area contributed by atoms with Crippen molar-refractivity contribution in [2.75, 3.05) is 11.9 Å². The smallest absolute Gasteiger partial charge is 0.387 e. The zero-order chi connectivity index (χ0) is 19.1. The number of carbonyl (C=O) groups excluding carboxylic acids is 1. The van der Waals surface area contributed by atoms with Gasteiger partial charge in [0.2, 0.25) is 5.91 Å². The number of nitrogens with zero attached hydrogens (tertiary/aromatic N) is 2. The van der Waals surface area contributed by atoms with Crippen LogP contribution in [-0.2, 0) is 4.79 Å². The maximum atomic E-state index is 12.4. The van der Waals surface area contributed by atoms with E-state index in [0.717, 1.165) is 0 Å². The third-order valence-corrected chi connectivity index (χ3v) is 3.32. The average molecular weight is 365 g/mol. The molecule has 1 amide bonds. The summed E-state index contributed by atoms with van der Waals surface area (Å²) in [4.78, 5) is 12.1. The van der Waals surface area contributed by atoms with Gasteiger partial charge < -0.3 is 14.8 Å². The highest BCUT2D eigenvalue weighted by atomic mass is 19.3. The minimum atomic E-state index is -2.94. The van der Waals surface area contributed by atoms with Gasteiger partial charge in [0, 0.05) is 18.2 Å². The molecular weight excluding hydrogens is 344 g/mol. The van der Waals surface area contributed by atoms with E-state index >= 15 is 0 Å². The molecule has 0 bridgehead atoms. The SMILES string of the molecule is CCOc1cc(C=CC(=O)Nc2ccnn2C(C)C)ccc1OC(F)F. The predicted octanol–water partition coefficient (Wildman–Crippen LogP) is 4.12. The van der Waals surface area contributed by atoms with E-state index in [1.165, 1.54) is 18.2 Å². The van der Waals surface area contributed by atoms with E-state index in [4.69, 9.17) is 4.74 Å². The van der Waals surface area contributed by atoms with Crippen molar-refractivity contribution in [3.05, 3.63) is 42.1 Å². The van der Waals surface area contributed by atoms with Gasteiger partial charge in [0.15, 0.2) is 11.5 Å². The lowest BCUT2D eigenvalue weighted by molar-refractivity contribution is -0.111. The van der Waals surface area contributed by atoms with Gasteiger partial charge in [-0.1, -0.05) is 6.07 Å². The van der Waals surface area contributed by atoms with Crippen molar-refractivity contribution in [2.24, 2.45) is 0 Å². The summed E-state index contributed by atoms with van der Waals surface area (Å²) in [6.07, 6.45) is 4.51. The number of carbonyl (C=O) groups is 1. The summed E-state index contributed by atoms with van der Waals surface area (Å²) in [5.41, 5.74) is 0.614. The van der Waals surface area contributed by atoms with Crippen LogP contribution in [0.3, 0.4) is 0 Å². The predicted molar refractivity (Wildman–Crippen MR) is 94.5 cm³/mol. The van der Waals surface area contributed by atoms with E-state index in [-0.39, 0.29) is 23.4 Å². The van der Waals surface area contributed by atoms with E-state index < -0.39 is 6.61 Å². The first-order valence-corrected chi connectivity index (χ1v) is 8.15. The summed E-state index contributed by atoms with van der Waals surface area (Å²) in [5.74, 6) is 0.390. The Morgan fingerprint density at radius 1 is 1.31 bits per heavy atom. The van der Waals surface area contributed by atoms with Crippen LogP contribution in [-0.4, -0.2) is 28.9 Å². The lowest BCUT2D eigenvalue weighted by Crippen LogP contribution is -2.14. The molecule has 0 radical (unpaired) electrons. The van der Waals surface area contributed by atoms with Crippen molar-refractivity contribution >= 4 is 17.8 Å². The Morgan fingerprint density at radius 2 is 2.08 bits per heavy atom. The van der Waals surface area contributed by atoms with Crippen molar-refractivity contribution in [1.82, 2.24) is 9.78 Å². The number of nitrogens with one attached hydrogen (secondary N) is 1. The van der Waals surface area contributed by atoms with Crippen molar-refractivity contribution in [3.63, 3.8) is 0 Å². The molecule has 140 valence electrons. The molecular formula is C18H21F2N3O3. The zero-order valence-electron chi connectivity index (χ0n) is 14.8. The Hall–Kier alpha value is -2.90. The van der Waals surface area contributed by atoms with E-state index in [1.807, 2.05) is 13.8 Å². The van der Waals surface area contributed by atoms with Crippen molar-refractivity contribution in [3.8, 4) is 11.5 Å². The molecule has 6 nitrogen and oxygen atoms in total. The average Bonchev–Trinajstić information content (AvgIpc) is 3.03. The summed E-state index contributed by atoms with van der Waals surface area (Å²) in [7, 11) is 0. The molecule has 0 saturated carbocycles. The van der Waals surface area contributed by atoms with Crippen LogP contribution >= 0.6 is 0 Å². The van der Waals surface area contributed by atoms with Gasteiger partial charge in [0.25, 0.3) is 0 Å². The van der Waals surface area contributed by atoms with Crippen LogP contribution < -0.4 is 14.8 Å². The summed E-state index contributed by atoms with van der Waals surface area (Å²) in [6, 6.07) is 6.28. The van der Waals surface area contributed by atoms with E-state index in [2.05, 4.69) is 15.2 Å². The number of anilines is 1. The molecule has 0 saturated heterocycles. The number of rotatable bonds is 8. The van der Waals surface area contributed by atoms with Crippen LogP contribution in [0.2, 0.25) is 0 Å². The molecule has 26 heavy (non-hydrogen) atoms. The zero-order valence-corrected chi connectivity index (χ0v) is 14.8. The molecule has 2 rings (SSSR count). The molecule has 0 aliphatic heterocycles. The molecule has 0 fully saturated rings. The van der Waals surface area contributed by atoms with Gasteiger partial charge in [-0.3, -0.25) is 4.79 Å². The van der Waals surface area contributed by atoms with Crippen molar-refractivity contribution in [2.45, 2.75) is 33.4 Å². The van der Waals surface area contributed by atoms with Crippen LogP contribution in [0.25, 0.3) is 6.08 Å². The number of halogens is 2. The van der Waals surface area contributed by atoms with Gasteiger partial charge in [-0.25, -0.2) is 4.68 Å². The van der Waals surface area contributed by atoms with Crippen LogP contribution in [0.5, 0.6) is 11.5 Å². The molecule has 0 aliphatic carbocycles. The summed E-state index contributed by atoms with van der Waals surface area (Å²) >= 11 is 0. The Balaban J connectivity index is 2.10. The second kappa shape index (κ2) is 8.98. The summed E-state index contributed by atoms with van der Waals surface area (Å²) in [5, 5.41) is 6.88. The summed E-state index contributed by atoms with van der Waals surface area (Å²) < 4.78 is 36.2. The van der Waals surface area contributed by atoms with Crippen molar-refractivity contribution < 1.29 is 23.0 Å². The van der Waals surface area contributed by atoms with Crippen LogP contribution in [0, 0.1) is 0 Å². The van der Waals surface area contributed by atoms with Gasteiger partial charge >= 0.3 is 6.61 Å². The van der Waals surface area contributed by atoms with Gasteiger partial charge in [0.1, 0.15) is 5.82 Å². The van der Waals surface area contributed by atoms with Crippen LogP contribution in [0.4, 0.5) is 14.6 Å². The Bertz CT molecular complexity index is 773. The molecule has 0 unspecified atom stereocenters. The Kier molecular flexibility index (Phi) is 6.71. The standard InChI is InChI=1S/C18H21F2N3O3/c1-4-25-15-11-13(5-7-14(15)26-18(19)20)6-8-17(24)22-16-9-10-21-23(16)12(2)3/h5-12,18H,4H2,1-3H3,(H,22,24). The van der Waals surface area contributed by atoms with E-state index in [0.29, 0.717) is 18.0 Å². The first kappa shape index (κ1) is 19.4. The Labute approximate surface area is 150 Å². The molecule has 1 aromatic carbocycles. The minimum Gasteiger partial charge on any atom is -0.490 e. The molecule has 1 aromatic heterocycles. The molecule has 0 spiro atoms. The minimum absolute atomic E-state index is 0.0516. The largest absolute Gasteiger partial charge is 0.490 e. The molecule has 2 aromatic rings. The quantitative estimate of drug-likeness (QED) is 0.715. The number of hydrogen-bond acceptors (Lipinski definition) is 4. The number of hydrogen-bond donors (Lipinski definition) is 1. The fraction of sp³-hybridized carbons (Fsp3) is 0.333. The number of ether oxygens (including phenoxy) is 2. The highest BCUT2D eigenvalue weighted by Crippen LogP contribution is 2.30. The van der Waals surface area contributed by atoms with E-state index in [9.17, 15) is 13.6 Å². The third kappa shape index (κ3) is 5.30. The number of benzene rings is 1.